The number of carbonyl (C=O) groups excluding carboxylic acids is 2. The molecule has 1 aliphatic heterocycles. The molecule has 2 amide bonds. The van der Waals surface area contributed by atoms with Gasteiger partial charge in [-0.05, 0) is 81.0 Å². The van der Waals surface area contributed by atoms with Crippen molar-refractivity contribution in [3.8, 4) is 0 Å². The normalized spacial score (nSPS) is 20.0. The van der Waals surface area contributed by atoms with Gasteiger partial charge in [0.25, 0.3) is 5.91 Å². The van der Waals surface area contributed by atoms with Crippen LogP contribution in [-0.2, 0) is 4.79 Å². The van der Waals surface area contributed by atoms with Crippen molar-refractivity contribution in [3.63, 3.8) is 0 Å². The molecule has 1 aliphatic carbocycles. The molecule has 5 nitrogen and oxygen atoms in total. The Morgan fingerprint density at radius 3 is 2.16 bits per heavy atom. The van der Waals surface area contributed by atoms with Crippen LogP contribution < -0.4 is 10.6 Å². The molecule has 5 heteroatoms. The fourth-order valence-corrected chi connectivity index (χ4v) is 5.83. The number of anilines is 2. The third-order valence-corrected chi connectivity index (χ3v) is 7.90. The van der Waals surface area contributed by atoms with E-state index in [1.807, 2.05) is 67.3 Å². The van der Waals surface area contributed by atoms with Gasteiger partial charge in [0, 0.05) is 29.5 Å². The molecule has 2 N–H and O–H groups in total. The monoisotopic (exact) mass is 495 g/mol. The molecule has 1 saturated heterocycles. The van der Waals surface area contributed by atoms with Crippen LogP contribution in [0.2, 0.25) is 0 Å². The molecule has 0 aromatic heterocycles. The number of likely N-dealkylation sites (tertiary alicyclic amines) is 1. The highest BCUT2D eigenvalue weighted by Gasteiger charge is 2.40. The predicted octanol–water partition coefficient (Wildman–Crippen LogP) is 6.89. The summed E-state index contributed by atoms with van der Waals surface area (Å²) in [5.74, 6) is -0.384. The van der Waals surface area contributed by atoms with Crippen LogP contribution in [0.15, 0.2) is 72.8 Å². The SMILES string of the molecule is Cc1ccc(NC(=O)C2CCCN(C(=O)c3ccccc3C)C2c2ccc(NC3CCCC3)cc2)cc1. The van der Waals surface area contributed by atoms with Gasteiger partial charge in [0.05, 0.1) is 12.0 Å². The van der Waals surface area contributed by atoms with Crippen LogP contribution in [0.4, 0.5) is 11.4 Å². The van der Waals surface area contributed by atoms with Crippen molar-refractivity contribution >= 4 is 23.2 Å². The second kappa shape index (κ2) is 11.2. The Hall–Kier alpha value is -3.60. The van der Waals surface area contributed by atoms with Crippen molar-refractivity contribution in [2.24, 2.45) is 5.92 Å². The van der Waals surface area contributed by atoms with E-state index in [4.69, 9.17) is 0 Å². The van der Waals surface area contributed by atoms with Gasteiger partial charge in [-0.3, -0.25) is 9.59 Å². The summed E-state index contributed by atoms with van der Waals surface area (Å²) < 4.78 is 0. The van der Waals surface area contributed by atoms with Gasteiger partial charge >= 0.3 is 0 Å². The van der Waals surface area contributed by atoms with E-state index in [0.717, 1.165) is 40.9 Å². The molecule has 1 saturated carbocycles. The average molecular weight is 496 g/mol. The van der Waals surface area contributed by atoms with Gasteiger partial charge < -0.3 is 15.5 Å². The van der Waals surface area contributed by atoms with Gasteiger partial charge in [-0.25, -0.2) is 0 Å². The predicted molar refractivity (Wildman–Crippen MR) is 150 cm³/mol. The largest absolute Gasteiger partial charge is 0.382 e. The maximum Gasteiger partial charge on any atom is 0.254 e. The first-order valence-electron chi connectivity index (χ1n) is 13.6. The molecule has 2 unspecified atom stereocenters. The number of rotatable bonds is 6. The van der Waals surface area contributed by atoms with E-state index in [0.29, 0.717) is 18.2 Å². The number of amides is 2. The summed E-state index contributed by atoms with van der Waals surface area (Å²) in [5, 5.41) is 6.77. The first-order valence-corrected chi connectivity index (χ1v) is 13.6. The lowest BCUT2D eigenvalue weighted by molar-refractivity contribution is -0.123. The molecule has 0 radical (unpaired) electrons. The second-order valence-electron chi connectivity index (χ2n) is 10.6. The fourth-order valence-electron chi connectivity index (χ4n) is 5.83. The zero-order valence-corrected chi connectivity index (χ0v) is 21.9. The van der Waals surface area contributed by atoms with Crippen molar-refractivity contribution in [2.75, 3.05) is 17.2 Å². The summed E-state index contributed by atoms with van der Waals surface area (Å²) >= 11 is 0. The smallest absolute Gasteiger partial charge is 0.254 e. The van der Waals surface area contributed by atoms with Crippen LogP contribution in [0, 0.1) is 19.8 Å². The van der Waals surface area contributed by atoms with Crippen LogP contribution in [-0.4, -0.2) is 29.3 Å². The first kappa shape index (κ1) is 25.1. The van der Waals surface area contributed by atoms with E-state index in [1.165, 1.54) is 25.7 Å². The van der Waals surface area contributed by atoms with Gasteiger partial charge in [-0.2, -0.15) is 0 Å². The number of piperidine rings is 1. The van der Waals surface area contributed by atoms with Gasteiger partial charge in [0.2, 0.25) is 5.91 Å². The van der Waals surface area contributed by atoms with E-state index < -0.39 is 0 Å². The van der Waals surface area contributed by atoms with E-state index in [-0.39, 0.29) is 23.8 Å². The lowest BCUT2D eigenvalue weighted by Gasteiger charge is -2.41. The van der Waals surface area contributed by atoms with Crippen LogP contribution in [0.1, 0.15) is 71.6 Å². The Morgan fingerprint density at radius 1 is 0.784 bits per heavy atom. The molecule has 3 aromatic rings. The third-order valence-electron chi connectivity index (χ3n) is 7.90. The summed E-state index contributed by atoms with van der Waals surface area (Å²) in [6, 6.07) is 24.2. The minimum atomic E-state index is -0.336. The van der Waals surface area contributed by atoms with Gasteiger partial charge in [-0.1, -0.05) is 60.9 Å². The summed E-state index contributed by atoms with van der Waals surface area (Å²) in [5.41, 5.74) is 5.69. The minimum absolute atomic E-state index is 0.0101. The molecule has 2 atom stereocenters. The van der Waals surface area contributed by atoms with Crippen molar-refractivity contribution in [2.45, 2.75) is 64.5 Å². The van der Waals surface area contributed by atoms with Crippen molar-refractivity contribution in [1.82, 2.24) is 4.90 Å². The van der Waals surface area contributed by atoms with Gasteiger partial charge in [0.1, 0.15) is 0 Å². The highest BCUT2D eigenvalue weighted by Crippen LogP contribution is 2.39. The Bertz CT molecular complexity index is 1230. The molecule has 192 valence electrons. The molecule has 0 spiro atoms. The minimum Gasteiger partial charge on any atom is -0.382 e. The van der Waals surface area contributed by atoms with Crippen LogP contribution in [0.5, 0.6) is 0 Å². The Kier molecular flexibility index (Phi) is 7.59. The molecule has 3 aromatic carbocycles. The number of nitrogens with zero attached hydrogens (tertiary/aromatic N) is 1. The standard InChI is InChI=1S/C32H37N3O2/c1-22-13-17-27(18-14-22)34-31(36)29-12-7-21-35(32(37)28-11-6-3-8-23(28)2)30(29)24-15-19-26(20-16-24)33-25-9-4-5-10-25/h3,6,8,11,13-20,25,29-30,33H,4-5,7,9-10,12,21H2,1-2H3,(H,34,36). The number of benzene rings is 3. The topological polar surface area (TPSA) is 61.4 Å². The summed E-state index contributed by atoms with van der Waals surface area (Å²) in [6.45, 7) is 4.63. The number of aryl methyl sites for hydroxylation is 2. The molecular weight excluding hydrogens is 458 g/mol. The van der Waals surface area contributed by atoms with E-state index in [9.17, 15) is 9.59 Å². The molecule has 0 bridgehead atoms. The quantitative estimate of drug-likeness (QED) is 0.391. The second-order valence-corrected chi connectivity index (χ2v) is 10.6. The molecule has 1 heterocycles. The van der Waals surface area contributed by atoms with E-state index in [2.05, 4.69) is 34.9 Å². The van der Waals surface area contributed by atoms with Crippen molar-refractivity contribution < 1.29 is 9.59 Å². The fraction of sp³-hybridized carbons (Fsp3) is 0.375. The molecule has 5 rings (SSSR count). The Balaban J connectivity index is 1.45. The molecular formula is C32H37N3O2. The van der Waals surface area contributed by atoms with Crippen molar-refractivity contribution in [3.05, 3.63) is 95.1 Å². The van der Waals surface area contributed by atoms with Gasteiger partial charge in [-0.15, -0.1) is 0 Å². The first-order chi connectivity index (χ1) is 18.0. The van der Waals surface area contributed by atoms with Crippen LogP contribution in [0.25, 0.3) is 0 Å². The highest BCUT2D eigenvalue weighted by atomic mass is 16.2. The zero-order valence-electron chi connectivity index (χ0n) is 21.9. The molecule has 2 fully saturated rings. The van der Waals surface area contributed by atoms with Crippen molar-refractivity contribution in [1.29, 1.82) is 0 Å². The Morgan fingerprint density at radius 2 is 1.46 bits per heavy atom. The number of hydrogen-bond donors (Lipinski definition) is 2. The molecule has 2 aliphatic rings. The lowest BCUT2D eigenvalue weighted by Crippen LogP contribution is -2.46. The van der Waals surface area contributed by atoms with E-state index in [1.54, 1.807) is 0 Å². The van der Waals surface area contributed by atoms with Crippen LogP contribution >= 0.6 is 0 Å². The zero-order chi connectivity index (χ0) is 25.8. The summed E-state index contributed by atoms with van der Waals surface area (Å²) in [6.07, 6.45) is 6.52. The number of carbonyl (C=O) groups is 2. The Labute approximate surface area is 220 Å². The third kappa shape index (κ3) is 5.71. The molecule has 37 heavy (non-hydrogen) atoms. The number of hydrogen-bond acceptors (Lipinski definition) is 3. The van der Waals surface area contributed by atoms with Crippen LogP contribution in [0.3, 0.4) is 0 Å². The lowest BCUT2D eigenvalue weighted by atomic mass is 9.83. The highest BCUT2D eigenvalue weighted by molar-refractivity contribution is 5.98. The maximum absolute atomic E-state index is 13.8. The number of nitrogens with one attached hydrogen (secondary N) is 2. The maximum atomic E-state index is 13.8. The summed E-state index contributed by atoms with van der Waals surface area (Å²) in [4.78, 5) is 29.4. The van der Waals surface area contributed by atoms with Gasteiger partial charge in [0.15, 0.2) is 0 Å². The summed E-state index contributed by atoms with van der Waals surface area (Å²) in [7, 11) is 0. The van der Waals surface area contributed by atoms with E-state index >= 15 is 0 Å². The average Bonchev–Trinajstić information content (AvgIpc) is 3.43.